The van der Waals surface area contributed by atoms with Crippen LogP contribution in [-0.2, 0) is 16.6 Å². The van der Waals surface area contributed by atoms with E-state index in [2.05, 4.69) is 4.90 Å². The Bertz CT molecular complexity index is 832. The van der Waals surface area contributed by atoms with Crippen LogP contribution in [0.3, 0.4) is 0 Å². The number of aromatic hydroxyl groups is 1. The summed E-state index contributed by atoms with van der Waals surface area (Å²) in [4.78, 5) is 14.7. The molecule has 2 fully saturated rings. The number of ketones is 1. The van der Waals surface area contributed by atoms with Crippen molar-refractivity contribution in [1.29, 1.82) is 0 Å². The molecule has 0 radical (unpaired) electrons. The number of benzene rings is 1. The predicted molar refractivity (Wildman–Crippen MR) is 75.9 cm³/mol. The number of phenols is 1. The molecular weight excluding hydrogens is 282 g/mol. The van der Waals surface area contributed by atoms with Gasteiger partial charge in [-0.2, -0.15) is 0 Å². The summed E-state index contributed by atoms with van der Waals surface area (Å²) in [7, 11) is 2.04. The van der Waals surface area contributed by atoms with Crippen LogP contribution in [0.2, 0.25) is 0 Å². The van der Waals surface area contributed by atoms with Gasteiger partial charge in [-0.3, -0.25) is 9.69 Å². The van der Waals surface area contributed by atoms with Gasteiger partial charge in [0.25, 0.3) is 0 Å². The Morgan fingerprint density at radius 3 is 3.05 bits per heavy atom. The summed E-state index contributed by atoms with van der Waals surface area (Å²) in [5, 5.41) is 21.7. The summed E-state index contributed by atoms with van der Waals surface area (Å²) in [6, 6.07) is 3.56. The molecule has 2 bridgehead atoms. The summed E-state index contributed by atoms with van der Waals surface area (Å²) in [6.07, 6.45) is 3.96. The van der Waals surface area contributed by atoms with E-state index in [1.165, 1.54) is 6.08 Å². The minimum absolute atomic E-state index is 0.0101. The zero-order valence-corrected chi connectivity index (χ0v) is 12.0. The highest BCUT2D eigenvalue weighted by molar-refractivity contribution is 5.99. The molecule has 1 saturated heterocycles. The molecule has 5 aliphatic rings. The summed E-state index contributed by atoms with van der Waals surface area (Å²) in [5.74, 6) is 0.339. The molecule has 6 atom stereocenters. The van der Waals surface area contributed by atoms with E-state index in [0.29, 0.717) is 12.2 Å². The molecule has 2 heterocycles. The molecular formula is C17H15NO4. The Balaban J connectivity index is 1.78. The lowest BCUT2D eigenvalue weighted by molar-refractivity contribution is -0.131. The van der Waals surface area contributed by atoms with Crippen molar-refractivity contribution in [3.63, 3.8) is 0 Å². The first-order valence-electron chi connectivity index (χ1n) is 7.66. The molecule has 0 amide bonds. The third-order valence-electron chi connectivity index (χ3n) is 6.86. The molecule has 2 aliphatic heterocycles. The van der Waals surface area contributed by atoms with Crippen LogP contribution in [0.1, 0.15) is 17.5 Å². The predicted octanol–water partition coefficient (Wildman–Crippen LogP) is 0.274. The van der Waals surface area contributed by atoms with Crippen LogP contribution in [0.4, 0.5) is 0 Å². The van der Waals surface area contributed by atoms with Crippen molar-refractivity contribution in [3.05, 3.63) is 35.4 Å². The van der Waals surface area contributed by atoms with E-state index in [4.69, 9.17) is 4.74 Å². The number of carbonyl (C=O) groups excluding carboxylic acids is 1. The van der Waals surface area contributed by atoms with Gasteiger partial charge in [-0.1, -0.05) is 6.07 Å². The first-order valence-corrected chi connectivity index (χ1v) is 7.66. The van der Waals surface area contributed by atoms with E-state index in [0.717, 1.165) is 17.5 Å². The summed E-state index contributed by atoms with van der Waals surface area (Å²) in [5.41, 5.74) is 0.0259. The number of rotatable bonds is 0. The Morgan fingerprint density at radius 2 is 2.23 bits per heavy atom. The van der Waals surface area contributed by atoms with Crippen molar-refractivity contribution in [2.24, 2.45) is 0 Å². The first-order chi connectivity index (χ1) is 10.5. The molecule has 5 nitrogen and oxygen atoms in total. The van der Waals surface area contributed by atoms with Gasteiger partial charge in [0.2, 0.25) is 0 Å². The van der Waals surface area contributed by atoms with Crippen molar-refractivity contribution >= 4 is 5.78 Å². The fourth-order valence-electron chi connectivity index (χ4n) is 6.08. The lowest BCUT2D eigenvalue weighted by Gasteiger charge is -2.47. The molecule has 3 aliphatic carbocycles. The first kappa shape index (κ1) is 11.7. The molecule has 112 valence electrons. The van der Waals surface area contributed by atoms with Gasteiger partial charge >= 0.3 is 0 Å². The lowest BCUT2D eigenvalue weighted by atomic mass is 9.59. The average Bonchev–Trinajstić information content (AvgIpc) is 2.82. The average molecular weight is 297 g/mol. The zero-order chi connectivity index (χ0) is 15.1. The SMILES string of the molecule is CN1C2C13Cc1ccc(O)c4c1C1(C3)[C@@H](O4)C(=O)C=CC21O. The number of phenolic OH excluding ortho intramolecular Hbond substituents is 1. The van der Waals surface area contributed by atoms with Crippen LogP contribution in [0.25, 0.3) is 0 Å². The van der Waals surface area contributed by atoms with Gasteiger partial charge in [0.1, 0.15) is 5.60 Å². The third kappa shape index (κ3) is 0.811. The van der Waals surface area contributed by atoms with Crippen molar-refractivity contribution in [1.82, 2.24) is 4.90 Å². The highest BCUT2D eigenvalue weighted by Gasteiger charge is 2.87. The van der Waals surface area contributed by atoms with Crippen molar-refractivity contribution in [2.45, 2.75) is 41.5 Å². The van der Waals surface area contributed by atoms with Gasteiger partial charge in [0.15, 0.2) is 23.4 Å². The maximum atomic E-state index is 12.4. The quantitative estimate of drug-likeness (QED) is 0.673. The van der Waals surface area contributed by atoms with E-state index in [-0.39, 0.29) is 23.1 Å². The van der Waals surface area contributed by atoms with Crippen LogP contribution >= 0.6 is 0 Å². The number of nitrogens with zero attached hydrogens (tertiary/aromatic N) is 1. The number of piperidine rings is 1. The third-order valence-corrected chi connectivity index (χ3v) is 6.86. The largest absolute Gasteiger partial charge is 0.504 e. The number of fused-ring (bicyclic) bond motifs is 1. The summed E-state index contributed by atoms with van der Waals surface area (Å²) < 4.78 is 5.90. The highest BCUT2D eigenvalue weighted by Crippen LogP contribution is 2.75. The van der Waals surface area contributed by atoms with E-state index >= 15 is 0 Å². The smallest absolute Gasteiger partial charge is 0.196 e. The Labute approximate surface area is 126 Å². The second kappa shape index (κ2) is 2.84. The van der Waals surface area contributed by atoms with Crippen LogP contribution in [0.5, 0.6) is 11.5 Å². The van der Waals surface area contributed by atoms with Crippen LogP contribution < -0.4 is 4.74 Å². The normalized spacial score (nSPS) is 51.4. The van der Waals surface area contributed by atoms with E-state index in [1.54, 1.807) is 12.1 Å². The monoisotopic (exact) mass is 297 g/mol. The van der Waals surface area contributed by atoms with Crippen molar-refractivity contribution < 1.29 is 19.7 Å². The maximum absolute atomic E-state index is 12.4. The van der Waals surface area contributed by atoms with Gasteiger partial charge in [-0.25, -0.2) is 0 Å². The standard InChI is InChI=1S/C17H15NO4/c1-18-14-15(18)6-8-2-3-9(19)12-11(8)16(7-15)13(22-12)10(20)4-5-17(14,16)21/h2-5,13-14,19,21H,6-7H2,1H3/t13-,14?,15?,16?,17?,18?/m0/s1. The summed E-state index contributed by atoms with van der Waals surface area (Å²) >= 11 is 0. The van der Waals surface area contributed by atoms with Gasteiger partial charge < -0.3 is 14.9 Å². The fraction of sp³-hybridized carbons (Fsp3) is 0.471. The topological polar surface area (TPSA) is 69.8 Å². The number of carbonyl (C=O) groups is 1. The van der Waals surface area contributed by atoms with E-state index < -0.39 is 17.1 Å². The number of ether oxygens (including phenoxy) is 1. The number of likely N-dealkylation sites (N-methyl/N-ethyl adjacent to an activating group) is 1. The van der Waals surface area contributed by atoms with Crippen LogP contribution in [0.15, 0.2) is 24.3 Å². The molecule has 5 heteroatoms. The molecule has 2 spiro atoms. The second-order valence-electron chi connectivity index (χ2n) is 7.45. The highest BCUT2D eigenvalue weighted by atomic mass is 16.5. The van der Waals surface area contributed by atoms with E-state index in [9.17, 15) is 15.0 Å². The molecule has 22 heavy (non-hydrogen) atoms. The summed E-state index contributed by atoms with van der Waals surface area (Å²) in [6.45, 7) is 0. The number of likely N-dealkylation sites (tertiary alicyclic amines) is 1. The Morgan fingerprint density at radius 1 is 1.41 bits per heavy atom. The fourth-order valence-corrected chi connectivity index (χ4v) is 6.08. The van der Waals surface area contributed by atoms with Crippen molar-refractivity contribution in [3.8, 4) is 11.5 Å². The zero-order valence-electron chi connectivity index (χ0n) is 12.0. The molecule has 1 aromatic rings. The van der Waals surface area contributed by atoms with Gasteiger partial charge in [0.05, 0.1) is 11.5 Å². The minimum atomic E-state index is -1.11. The van der Waals surface area contributed by atoms with Crippen LogP contribution in [-0.4, -0.2) is 51.2 Å². The molecule has 2 N–H and O–H groups in total. The molecule has 1 aromatic carbocycles. The minimum Gasteiger partial charge on any atom is -0.504 e. The molecule has 1 saturated carbocycles. The molecule has 6 rings (SSSR count). The maximum Gasteiger partial charge on any atom is 0.196 e. The Hall–Kier alpha value is -1.85. The molecule has 5 unspecified atom stereocenters. The second-order valence-corrected chi connectivity index (χ2v) is 7.45. The van der Waals surface area contributed by atoms with Gasteiger partial charge in [0, 0.05) is 11.1 Å². The van der Waals surface area contributed by atoms with Crippen LogP contribution in [0, 0.1) is 0 Å². The van der Waals surface area contributed by atoms with Gasteiger partial charge in [-0.15, -0.1) is 0 Å². The van der Waals surface area contributed by atoms with Gasteiger partial charge in [-0.05, 0) is 43.7 Å². The lowest BCUT2D eigenvalue weighted by Crippen LogP contribution is -2.62. The number of hydrogen-bond acceptors (Lipinski definition) is 5. The Kier molecular flexibility index (Phi) is 1.51. The molecule has 0 aromatic heterocycles. The van der Waals surface area contributed by atoms with Crippen molar-refractivity contribution in [2.75, 3.05) is 7.05 Å². The number of hydrogen-bond donors (Lipinski definition) is 2. The number of aliphatic hydroxyl groups is 1. The van der Waals surface area contributed by atoms with E-state index in [1.807, 2.05) is 13.1 Å².